The Balaban J connectivity index is 1.55. The molecule has 0 spiro atoms. The number of aromatic nitrogens is 3. The Morgan fingerprint density at radius 2 is 1.77 bits per heavy atom. The van der Waals surface area contributed by atoms with Crippen LogP contribution in [0.1, 0.15) is 31.9 Å². The van der Waals surface area contributed by atoms with E-state index in [9.17, 15) is 14.9 Å². The van der Waals surface area contributed by atoms with E-state index in [-0.39, 0.29) is 22.4 Å². The molecule has 3 aromatic carbocycles. The van der Waals surface area contributed by atoms with Crippen LogP contribution in [0.5, 0.6) is 5.75 Å². The molecule has 0 bridgehead atoms. The molecule has 0 aliphatic carbocycles. The van der Waals surface area contributed by atoms with E-state index in [1.807, 2.05) is 41.0 Å². The Bertz CT molecular complexity index is 1490. The Morgan fingerprint density at radius 3 is 2.41 bits per heavy atom. The zero-order valence-electron chi connectivity index (χ0n) is 22.0. The van der Waals surface area contributed by atoms with Crippen LogP contribution in [-0.4, -0.2) is 44.7 Å². The molecule has 1 amide bonds. The third kappa shape index (κ3) is 6.68. The highest BCUT2D eigenvalue weighted by atomic mass is 32.2. The summed E-state index contributed by atoms with van der Waals surface area (Å²) in [4.78, 5) is 23.2. The summed E-state index contributed by atoms with van der Waals surface area (Å²) in [6, 6.07) is 21.8. The maximum absolute atomic E-state index is 12.5. The molecule has 0 aliphatic rings. The Labute approximate surface area is 230 Å². The second kappa shape index (κ2) is 11.9. The van der Waals surface area contributed by atoms with E-state index in [1.165, 1.54) is 29.6 Å². The van der Waals surface area contributed by atoms with Crippen molar-refractivity contribution >= 4 is 29.6 Å². The molecule has 1 aromatic heterocycles. The van der Waals surface area contributed by atoms with Crippen molar-refractivity contribution in [2.24, 2.45) is 5.10 Å². The molecule has 0 aliphatic heterocycles. The van der Waals surface area contributed by atoms with Crippen molar-refractivity contribution in [1.29, 1.82) is 0 Å². The Hall–Kier alpha value is -4.51. The molecule has 0 radical (unpaired) electrons. The topological polar surface area (TPSA) is 125 Å². The standard InChI is InChI=1S/C28H28N6O4S/c1-28(2,3)21-11-9-19(10-12-21)26-31-32-27(33(26)22-13-15-23(38-4)16-14-22)39-18-25(35)30-29-17-20-7-5-6-8-24(20)34(36)37/h5-17H,18H2,1-4H3,(H,30,35)/b29-17+. The van der Waals surface area contributed by atoms with Gasteiger partial charge in [0.2, 0.25) is 0 Å². The molecule has 11 heteroatoms. The fourth-order valence-electron chi connectivity index (χ4n) is 3.73. The number of para-hydroxylation sites is 1. The quantitative estimate of drug-likeness (QED) is 0.130. The van der Waals surface area contributed by atoms with Gasteiger partial charge in [0, 0.05) is 17.3 Å². The molecule has 4 rings (SSSR count). The van der Waals surface area contributed by atoms with Gasteiger partial charge in [0.15, 0.2) is 11.0 Å². The summed E-state index contributed by atoms with van der Waals surface area (Å²) in [5, 5.41) is 24.4. The summed E-state index contributed by atoms with van der Waals surface area (Å²) in [6.45, 7) is 6.48. The minimum atomic E-state index is -0.501. The fourth-order valence-corrected chi connectivity index (χ4v) is 4.48. The lowest BCUT2D eigenvalue weighted by Gasteiger charge is -2.19. The average Bonchev–Trinajstić information content (AvgIpc) is 3.35. The predicted molar refractivity (Wildman–Crippen MR) is 152 cm³/mol. The normalized spacial score (nSPS) is 11.5. The summed E-state index contributed by atoms with van der Waals surface area (Å²) in [5.41, 5.74) is 5.53. The third-order valence-corrected chi connectivity index (χ3v) is 6.76. The lowest BCUT2D eigenvalue weighted by atomic mass is 9.87. The number of hydrogen-bond acceptors (Lipinski definition) is 8. The lowest BCUT2D eigenvalue weighted by molar-refractivity contribution is -0.385. The second-order valence-corrected chi connectivity index (χ2v) is 10.5. The van der Waals surface area contributed by atoms with Gasteiger partial charge in [-0.1, -0.05) is 68.9 Å². The van der Waals surface area contributed by atoms with Gasteiger partial charge < -0.3 is 4.74 Å². The number of nitro benzene ring substituents is 1. The molecular weight excluding hydrogens is 516 g/mol. The fraction of sp³-hybridized carbons (Fsp3) is 0.214. The van der Waals surface area contributed by atoms with Gasteiger partial charge in [-0.15, -0.1) is 10.2 Å². The van der Waals surface area contributed by atoms with Crippen LogP contribution < -0.4 is 10.2 Å². The maximum atomic E-state index is 12.5. The minimum Gasteiger partial charge on any atom is -0.497 e. The van der Waals surface area contributed by atoms with Crippen molar-refractivity contribution in [1.82, 2.24) is 20.2 Å². The first-order valence-corrected chi connectivity index (χ1v) is 13.0. The highest BCUT2D eigenvalue weighted by molar-refractivity contribution is 7.99. The lowest BCUT2D eigenvalue weighted by Crippen LogP contribution is -2.20. The van der Waals surface area contributed by atoms with Crippen molar-refractivity contribution in [2.45, 2.75) is 31.3 Å². The van der Waals surface area contributed by atoms with Crippen LogP contribution in [0.4, 0.5) is 5.69 Å². The average molecular weight is 545 g/mol. The third-order valence-electron chi connectivity index (χ3n) is 5.83. The number of carbonyl (C=O) groups is 1. The molecule has 39 heavy (non-hydrogen) atoms. The van der Waals surface area contributed by atoms with E-state index in [4.69, 9.17) is 4.74 Å². The van der Waals surface area contributed by atoms with Crippen molar-refractivity contribution < 1.29 is 14.5 Å². The van der Waals surface area contributed by atoms with Gasteiger partial charge in [-0.05, 0) is 41.3 Å². The molecule has 0 saturated heterocycles. The van der Waals surface area contributed by atoms with Gasteiger partial charge in [-0.25, -0.2) is 5.43 Å². The van der Waals surface area contributed by atoms with Gasteiger partial charge >= 0.3 is 0 Å². The molecule has 0 unspecified atom stereocenters. The number of nitro groups is 1. The Morgan fingerprint density at radius 1 is 1.08 bits per heavy atom. The van der Waals surface area contributed by atoms with E-state index < -0.39 is 10.8 Å². The van der Waals surface area contributed by atoms with Gasteiger partial charge in [-0.3, -0.25) is 19.5 Å². The number of benzene rings is 3. The van der Waals surface area contributed by atoms with E-state index in [2.05, 4.69) is 53.6 Å². The minimum absolute atomic E-state index is 0.00543. The van der Waals surface area contributed by atoms with Crippen LogP contribution in [0.2, 0.25) is 0 Å². The van der Waals surface area contributed by atoms with Crippen LogP contribution in [-0.2, 0) is 10.2 Å². The number of hydrazone groups is 1. The van der Waals surface area contributed by atoms with Crippen molar-refractivity contribution in [2.75, 3.05) is 12.9 Å². The van der Waals surface area contributed by atoms with Crippen LogP contribution in [0.3, 0.4) is 0 Å². The van der Waals surface area contributed by atoms with Crippen LogP contribution in [0.25, 0.3) is 17.1 Å². The summed E-state index contributed by atoms with van der Waals surface area (Å²) in [6.07, 6.45) is 1.25. The number of methoxy groups -OCH3 is 1. The van der Waals surface area contributed by atoms with E-state index in [1.54, 1.807) is 25.3 Å². The zero-order valence-corrected chi connectivity index (χ0v) is 22.8. The first-order valence-electron chi connectivity index (χ1n) is 12.1. The number of ether oxygens (including phenoxy) is 1. The van der Waals surface area contributed by atoms with E-state index in [0.29, 0.717) is 16.7 Å². The first-order chi connectivity index (χ1) is 18.7. The summed E-state index contributed by atoms with van der Waals surface area (Å²) >= 11 is 1.20. The number of rotatable bonds is 9. The molecule has 0 fully saturated rings. The molecule has 4 aromatic rings. The predicted octanol–water partition coefficient (Wildman–Crippen LogP) is 5.39. The number of nitrogens with zero attached hydrogens (tertiary/aromatic N) is 5. The highest BCUT2D eigenvalue weighted by Gasteiger charge is 2.19. The molecular formula is C28H28N6O4S. The zero-order chi connectivity index (χ0) is 28.0. The van der Waals surface area contributed by atoms with Crippen LogP contribution >= 0.6 is 11.8 Å². The summed E-state index contributed by atoms with van der Waals surface area (Å²) in [7, 11) is 1.61. The van der Waals surface area contributed by atoms with E-state index >= 15 is 0 Å². The van der Waals surface area contributed by atoms with Gasteiger partial charge in [-0.2, -0.15) is 5.10 Å². The molecule has 200 valence electrons. The van der Waals surface area contributed by atoms with E-state index in [0.717, 1.165) is 11.3 Å². The molecule has 1 N–H and O–H groups in total. The highest BCUT2D eigenvalue weighted by Crippen LogP contribution is 2.30. The van der Waals surface area contributed by atoms with Gasteiger partial charge in [0.25, 0.3) is 11.6 Å². The molecule has 0 saturated carbocycles. The van der Waals surface area contributed by atoms with Crippen molar-refractivity contribution in [3.63, 3.8) is 0 Å². The number of thioether (sulfide) groups is 1. The van der Waals surface area contributed by atoms with Crippen LogP contribution in [0, 0.1) is 10.1 Å². The maximum Gasteiger partial charge on any atom is 0.278 e. The number of carbonyl (C=O) groups excluding carboxylic acids is 1. The molecule has 1 heterocycles. The SMILES string of the molecule is COc1ccc(-n2c(SCC(=O)N/N=C/c3ccccc3[N+](=O)[O-])nnc2-c2ccc(C(C)(C)C)cc2)cc1. The van der Waals surface area contributed by atoms with Crippen LogP contribution in [0.15, 0.2) is 83.1 Å². The number of amides is 1. The van der Waals surface area contributed by atoms with Gasteiger partial charge in [0.05, 0.1) is 29.6 Å². The van der Waals surface area contributed by atoms with Gasteiger partial charge in [0.1, 0.15) is 5.75 Å². The summed E-state index contributed by atoms with van der Waals surface area (Å²) < 4.78 is 7.19. The van der Waals surface area contributed by atoms with Crippen molar-refractivity contribution in [3.8, 4) is 22.8 Å². The van der Waals surface area contributed by atoms with Crippen molar-refractivity contribution in [3.05, 3.63) is 94.0 Å². The second-order valence-electron chi connectivity index (χ2n) is 9.56. The summed E-state index contributed by atoms with van der Waals surface area (Å²) in [5.74, 6) is 0.965. The number of hydrogen-bond donors (Lipinski definition) is 1. The largest absolute Gasteiger partial charge is 0.497 e. The molecule has 0 atom stereocenters. The Kier molecular flexibility index (Phi) is 8.40. The molecule has 10 nitrogen and oxygen atoms in total. The first kappa shape index (κ1) is 27.5. The monoisotopic (exact) mass is 544 g/mol. The number of nitrogens with one attached hydrogen (secondary N) is 1. The smallest absolute Gasteiger partial charge is 0.278 e.